The van der Waals surface area contributed by atoms with Crippen LogP contribution in [0.3, 0.4) is 0 Å². The first-order chi connectivity index (χ1) is 16.4. The van der Waals surface area contributed by atoms with Crippen LogP contribution in [-0.2, 0) is 30.5 Å². The number of carbonyl (C=O) groups is 2. The van der Waals surface area contributed by atoms with E-state index in [-0.39, 0.29) is 17.5 Å². The quantitative estimate of drug-likeness (QED) is 0.314. The number of fused-ring (bicyclic) bond motifs is 1. The number of aliphatic carboxylic acids is 1. The van der Waals surface area contributed by atoms with Gasteiger partial charge in [0, 0.05) is 12.0 Å². The Morgan fingerprint density at radius 3 is 2.21 bits per heavy atom. The van der Waals surface area contributed by atoms with Crippen LogP contribution in [-0.4, -0.2) is 35.2 Å². The van der Waals surface area contributed by atoms with Gasteiger partial charge in [-0.3, -0.25) is 9.59 Å². The highest BCUT2D eigenvalue weighted by Gasteiger charge is 2.27. The summed E-state index contributed by atoms with van der Waals surface area (Å²) in [5.74, 6) is 0.237. The van der Waals surface area contributed by atoms with Crippen LogP contribution in [0.1, 0.15) is 79.1 Å². The van der Waals surface area contributed by atoms with E-state index in [2.05, 4.69) is 13.0 Å². The molecule has 1 aliphatic carbocycles. The lowest BCUT2D eigenvalue weighted by Crippen LogP contribution is -2.23. The Morgan fingerprint density at radius 2 is 1.59 bits per heavy atom. The molecule has 6 nitrogen and oxygen atoms in total. The fourth-order valence-electron chi connectivity index (χ4n) is 4.71. The number of benzene rings is 2. The molecular weight excluding hydrogens is 432 g/mol. The zero-order valence-electron chi connectivity index (χ0n) is 20.5. The maximum absolute atomic E-state index is 11.7. The minimum atomic E-state index is -0.721. The number of carbonyl (C=O) groups excluding carboxylic acids is 1. The van der Waals surface area contributed by atoms with Crippen LogP contribution in [0, 0.1) is 5.92 Å². The lowest BCUT2D eigenvalue weighted by molar-refractivity contribution is -0.142. The van der Waals surface area contributed by atoms with Crippen molar-refractivity contribution in [3.8, 4) is 17.2 Å². The molecule has 34 heavy (non-hydrogen) atoms. The fraction of sp³-hybridized carbons (Fsp3) is 0.500. The van der Waals surface area contributed by atoms with Crippen LogP contribution < -0.4 is 9.47 Å². The molecule has 3 rings (SSSR count). The molecule has 6 heteroatoms. The Labute approximate surface area is 201 Å². The Bertz CT molecular complexity index is 1030. The third-order valence-electron chi connectivity index (χ3n) is 6.47. The number of phenolic OH excluding ortho intramolecular Hbond substituents is 1. The van der Waals surface area contributed by atoms with Gasteiger partial charge < -0.3 is 19.7 Å². The number of ketones is 1. The average Bonchev–Trinajstić information content (AvgIpc) is 2.81. The summed E-state index contributed by atoms with van der Waals surface area (Å²) in [6.45, 7) is 6.47. The van der Waals surface area contributed by atoms with E-state index in [1.54, 1.807) is 12.1 Å². The number of carboxylic acids is 1. The van der Waals surface area contributed by atoms with Gasteiger partial charge in [0.1, 0.15) is 17.2 Å². The minimum absolute atomic E-state index is 0.0148. The van der Waals surface area contributed by atoms with Crippen molar-refractivity contribution in [3.05, 3.63) is 52.1 Å². The van der Waals surface area contributed by atoms with Gasteiger partial charge in [-0.15, -0.1) is 0 Å². The molecule has 2 aromatic carbocycles. The number of carboxylic acid groups (broad SMARTS) is 1. The number of hydrogen-bond donors (Lipinski definition) is 2. The molecule has 0 aromatic heterocycles. The molecule has 0 aliphatic heterocycles. The molecule has 0 spiro atoms. The summed E-state index contributed by atoms with van der Waals surface area (Å²) in [6, 6.07) is 7.46. The molecule has 0 saturated heterocycles. The highest BCUT2D eigenvalue weighted by Crippen LogP contribution is 2.35. The summed E-state index contributed by atoms with van der Waals surface area (Å²) in [5.41, 5.74) is 4.53. The average molecular weight is 469 g/mol. The number of Topliss-reactive ketones (excluding diaryl/α,β-unsaturated/α-hetero) is 1. The third-order valence-corrected chi connectivity index (χ3v) is 6.47. The molecule has 2 aromatic rings. The summed E-state index contributed by atoms with van der Waals surface area (Å²) in [7, 11) is 0. The second kappa shape index (κ2) is 11.9. The number of aromatic hydroxyl groups is 1. The Balaban J connectivity index is 1.63. The SMILES string of the molecule is CCCc1c(OCCCOc2ccc3c(c2CCC)CC(C(=O)O)CC3)ccc(C(C)=O)c1O. The molecule has 0 heterocycles. The van der Waals surface area contributed by atoms with E-state index in [1.807, 2.05) is 13.0 Å². The zero-order valence-corrected chi connectivity index (χ0v) is 20.5. The lowest BCUT2D eigenvalue weighted by atomic mass is 9.80. The van der Waals surface area contributed by atoms with Crippen LogP contribution in [0.15, 0.2) is 24.3 Å². The van der Waals surface area contributed by atoms with Gasteiger partial charge >= 0.3 is 5.97 Å². The van der Waals surface area contributed by atoms with Crippen molar-refractivity contribution < 1.29 is 29.3 Å². The molecule has 0 amide bonds. The smallest absolute Gasteiger partial charge is 0.306 e. The standard InChI is InChI=1S/C28H36O6/c1-4-7-22-24-17-20(28(31)32)10-9-19(24)11-13-25(22)33-15-6-16-34-26-14-12-21(18(3)29)27(30)23(26)8-5-2/h11-14,20,30H,4-10,15-17H2,1-3H3,(H,31,32). The molecule has 1 unspecified atom stereocenters. The summed E-state index contributed by atoms with van der Waals surface area (Å²) in [6.07, 6.45) is 6.00. The van der Waals surface area contributed by atoms with Gasteiger partial charge in [0.05, 0.1) is 24.7 Å². The van der Waals surface area contributed by atoms with E-state index in [0.29, 0.717) is 55.8 Å². The van der Waals surface area contributed by atoms with Gasteiger partial charge in [-0.05, 0) is 73.9 Å². The normalized spacial score (nSPS) is 15.0. The summed E-state index contributed by atoms with van der Waals surface area (Å²) in [5, 5.41) is 20.0. The Kier molecular flexibility index (Phi) is 8.97. The molecule has 0 radical (unpaired) electrons. The summed E-state index contributed by atoms with van der Waals surface area (Å²) < 4.78 is 12.1. The van der Waals surface area contributed by atoms with Gasteiger partial charge in [-0.2, -0.15) is 0 Å². The van der Waals surface area contributed by atoms with E-state index >= 15 is 0 Å². The number of phenols is 1. The maximum atomic E-state index is 11.7. The first-order valence-corrected chi connectivity index (χ1v) is 12.3. The zero-order chi connectivity index (χ0) is 24.7. The van der Waals surface area contributed by atoms with Crippen LogP contribution >= 0.6 is 0 Å². The van der Waals surface area contributed by atoms with Crippen molar-refractivity contribution in [2.24, 2.45) is 5.92 Å². The van der Waals surface area contributed by atoms with Crippen molar-refractivity contribution in [1.82, 2.24) is 0 Å². The van der Waals surface area contributed by atoms with Crippen LogP contribution in [0.5, 0.6) is 17.2 Å². The highest BCUT2D eigenvalue weighted by molar-refractivity contribution is 5.97. The topological polar surface area (TPSA) is 93.1 Å². The second-order valence-corrected chi connectivity index (χ2v) is 9.00. The highest BCUT2D eigenvalue weighted by atomic mass is 16.5. The van der Waals surface area contributed by atoms with Crippen molar-refractivity contribution in [2.45, 2.75) is 72.1 Å². The molecule has 0 fully saturated rings. The predicted octanol–water partition coefficient (Wildman–Crippen LogP) is 5.54. The molecule has 184 valence electrons. The van der Waals surface area contributed by atoms with Gasteiger partial charge in [0.2, 0.25) is 0 Å². The number of aryl methyl sites for hydroxylation is 1. The first-order valence-electron chi connectivity index (χ1n) is 12.3. The molecule has 2 N–H and O–H groups in total. The van der Waals surface area contributed by atoms with Gasteiger partial charge in [0.25, 0.3) is 0 Å². The molecule has 1 atom stereocenters. The molecular formula is C28H36O6. The molecule has 1 aliphatic rings. The number of rotatable bonds is 12. The monoisotopic (exact) mass is 468 g/mol. The minimum Gasteiger partial charge on any atom is -0.507 e. The lowest BCUT2D eigenvalue weighted by Gasteiger charge is -2.26. The number of hydrogen-bond acceptors (Lipinski definition) is 5. The largest absolute Gasteiger partial charge is 0.507 e. The number of ether oxygens (including phenoxy) is 2. The Hall–Kier alpha value is -3.02. The van der Waals surface area contributed by atoms with Crippen molar-refractivity contribution >= 4 is 11.8 Å². The second-order valence-electron chi connectivity index (χ2n) is 9.00. The van der Waals surface area contributed by atoms with E-state index < -0.39 is 5.97 Å². The van der Waals surface area contributed by atoms with Crippen LogP contribution in [0.25, 0.3) is 0 Å². The van der Waals surface area contributed by atoms with Gasteiger partial charge in [-0.25, -0.2) is 0 Å². The summed E-state index contributed by atoms with van der Waals surface area (Å²) >= 11 is 0. The van der Waals surface area contributed by atoms with Gasteiger partial charge in [0.15, 0.2) is 5.78 Å². The van der Waals surface area contributed by atoms with Crippen LogP contribution in [0.2, 0.25) is 0 Å². The van der Waals surface area contributed by atoms with Crippen molar-refractivity contribution in [3.63, 3.8) is 0 Å². The third kappa shape index (κ3) is 5.91. The first kappa shape index (κ1) is 25.6. The van der Waals surface area contributed by atoms with Crippen molar-refractivity contribution in [2.75, 3.05) is 13.2 Å². The summed E-state index contributed by atoms with van der Waals surface area (Å²) in [4.78, 5) is 23.3. The van der Waals surface area contributed by atoms with E-state index in [0.717, 1.165) is 42.6 Å². The maximum Gasteiger partial charge on any atom is 0.306 e. The molecule has 0 bridgehead atoms. The van der Waals surface area contributed by atoms with Crippen LogP contribution in [0.4, 0.5) is 0 Å². The Morgan fingerprint density at radius 1 is 0.971 bits per heavy atom. The van der Waals surface area contributed by atoms with E-state index in [9.17, 15) is 19.8 Å². The van der Waals surface area contributed by atoms with E-state index in [1.165, 1.54) is 12.5 Å². The van der Waals surface area contributed by atoms with E-state index in [4.69, 9.17) is 9.47 Å². The fourth-order valence-corrected chi connectivity index (χ4v) is 4.71. The van der Waals surface area contributed by atoms with Crippen molar-refractivity contribution in [1.29, 1.82) is 0 Å². The predicted molar refractivity (Wildman–Crippen MR) is 131 cm³/mol. The van der Waals surface area contributed by atoms with Gasteiger partial charge in [-0.1, -0.05) is 32.8 Å². The molecule has 0 saturated carbocycles.